The molecule has 0 saturated carbocycles. The Hall–Kier alpha value is -1.59. The minimum absolute atomic E-state index is 0.0286. The Labute approximate surface area is 163 Å². The predicted octanol–water partition coefficient (Wildman–Crippen LogP) is 4.20. The summed E-state index contributed by atoms with van der Waals surface area (Å²) in [5.74, 6) is -0.0286. The van der Waals surface area contributed by atoms with E-state index in [1.54, 1.807) is 6.07 Å². The number of nitrogens with zero attached hydrogens (tertiary/aromatic N) is 1. The summed E-state index contributed by atoms with van der Waals surface area (Å²) in [7, 11) is 0. The number of ether oxygens (including phenoxy) is 1. The number of halogens is 2. The Balaban J connectivity index is 1.48. The molecule has 2 aromatic carbocycles. The molecule has 0 radical (unpaired) electrons. The van der Waals surface area contributed by atoms with Gasteiger partial charge >= 0.3 is 0 Å². The Bertz CT molecular complexity index is 747. The second kappa shape index (κ2) is 8.87. The van der Waals surface area contributed by atoms with Crippen molar-refractivity contribution in [2.45, 2.75) is 31.6 Å². The van der Waals surface area contributed by atoms with Crippen molar-refractivity contribution in [2.75, 3.05) is 13.1 Å². The maximum absolute atomic E-state index is 12.6. The monoisotopic (exact) mass is 392 g/mol. The minimum Gasteiger partial charge on any atom is -0.373 e. The van der Waals surface area contributed by atoms with E-state index in [9.17, 15) is 4.79 Å². The van der Waals surface area contributed by atoms with Gasteiger partial charge in [-0.15, -0.1) is 0 Å². The highest BCUT2D eigenvalue weighted by Crippen LogP contribution is 2.24. The largest absolute Gasteiger partial charge is 0.373 e. The van der Waals surface area contributed by atoms with Crippen molar-refractivity contribution in [1.82, 2.24) is 4.90 Å². The fourth-order valence-electron chi connectivity index (χ4n) is 3.09. The van der Waals surface area contributed by atoms with Crippen LogP contribution in [0.25, 0.3) is 0 Å². The Morgan fingerprint density at radius 3 is 2.46 bits per heavy atom. The molecule has 1 unspecified atom stereocenters. The van der Waals surface area contributed by atoms with Crippen LogP contribution in [-0.2, 0) is 16.1 Å². The molecule has 1 atom stereocenters. The van der Waals surface area contributed by atoms with Crippen molar-refractivity contribution in [3.05, 3.63) is 69.7 Å². The molecule has 0 aromatic heterocycles. The standard InChI is InChI=1S/C20H22Cl2N2O2/c21-17-7-6-14(12-18(17)22)13-26-16-8-10-24(11-9-16)20(25)19(23)15-4-2-1-3-5-15/h1-7,12,16,19H,8-11,13,23H2. The van der Waals surface area contributed by atoms with Gasteiger partial charge in [0.1, 0.15) is 6.04 Å². The average molecular weight is 393 g/mol. The van der Waals surface area contributed by atoms with E-state index in [0.717, 1.165) is 24.0 Å². The van der Waals surface area contributed by atoms with Crippen molar-refractivity contribution in [2.24, 2.45) is 5.73 Å². The number of amides is 1. The number of carbonyl (C=O) groups excluding carboxylic acids is 1. The third-order valence-electron chi connectivity index (χ3n) is 4.65. The van der Waals surface area contributed by atoms with Gasteiger partial charge in [0.15, 0.2) is 0 Å². The number of rotatable bonds is 5. The van der Waals surface area contributed by atoms with Crippen LogP contribution in [0.5, 0.6) is 0 Å². The highest BCUT2D eigenvalue weighted by atomic mass is 35.5. The summed E-state index contributed by atoms with van der Waals surface area (Å²) in [6, 6.07) is 14.4. The van der Waals surface area contributed by atoms with Gasteiger partial charge in [-0.1, -0.05) is 59.6 Å². The molecule has 1 aliphatic rings. The Kier molecular flexibility index (Phi) is 6.54. The number of piperidine rings is 1. The summed E-state index contributed by atoms with van der Waals surface area (Å²) in [4.78, 5) is 14.4. The number of hydrogen-bond acceptors (Lipinski definition) is 3. The van der Waals surface area contributed by atoms with Crippen LogP contribution < -0.4 is 5.73 Å². The summed E-state index contributed by atoms with van der Waals surface area (Å²) in [5.41, 5.74) is 7.95. The molecule has 1 fully saturated rings. The smallest absolute Gasteiger partial charge is 0.244 e. The summed E-state index contributed by atoms with van der Waals surface area (Å²) < 4.78 is 5.97. The second-order valence-corrected chi connectivity index (χ2v) is 7.29. The summed E-state index contributed by atoms with van der Waals surface area (Å²) in [5, 5.41) is 1.07. The van der Waals surface area contributed by atoms with Crippen molar-refractivity contribution in [3.8, 4) is 0 Å². The SMILES string of the molecule is NC(C(=O)N1CCC(OCc2ccc(Cl)c(Cl)c2)CC1)c1ccccc1. The number of likely N-dealkylation sites (tertiary alicyclic amines) is 1. The van der Waals surface area contributed by atoms with Gasteiger partial charge in [-0.2, -0.15) is 0 Å². The molecule has 0 spiro atoms. The van der Waals surface area contributed by atoms with Gasteiger partial charge in [-0.3, -0.25) is 4.79 Å². The first-order chi connectivity index (χ1) is 12.5. The number of carbonyl (C=O) groups is 1. The zero-order chi connectivity index (χ0) is 18.5. The molecule has 1 aliphatic heterocycles. The molecular weight excluding hydrogens is 371 g/mol. The van der Waals surface area contributed by atoms with Crippen LogP contribution in [0.2, 0.25) is 10.0 Å². The van der Waals surface area contributed by atoms with Crippen LogP contribution in [0.15, 0.2) is 48.5 Å². The van der Waals surface area contributed by atoms with E-state index in [2.05, 4.69) is 0 Å². The third kappa shape index (κ3) is 4.77. The van der Waals surface area contributed by atoms with Gasteiger partial charge < -0.3 is 15.4 Å². The first-order valence-electron chi connectivity index (χ1n) is 8.69. The molecular formula is C20H22Cl2N2O2. The lowest BCUT2D eigenvalue weighted by Gasteiger charge is -2.33. The molecule has 4 nitrogen and oxygen atoms in total. The number of hydrogen-bond donors (Lipinski definition) is 1. The third-order valence-corrected chi connectivity index (χ3v) is 5.39. The van der Waals surface area contributed by atoms with E-state index in [4.69, 9.17) is 33.7 Å². The maximum Gasteiger partial charge on any atom is 0.244 e. The molecule has 2 aromatic rings. The van der Waals surface area contributed by atoms with Crippen molar-refractivity contribution in [1.29, 1.82) is 0 Å². The highest BCUT2D eigenvalue weighted by Gasteiger charge is 2.27. The Morgan fingerprint density at radius 1 is 1.12 bits per heavy atom. The maximum atomic E-state index is 12.6. The molecule has 3 rings (SSSR count). The fourth-order valence-corrected chi connectivity index (χ4v) is 3.41. The lowest BCUT2D eigenvalue weighted by Crippen LogP contribution is -2.44. The molecule has 1 heterocycles. The predicted molar refractivity (Wildman–Crippen MR) is 104 cm³/mol. The zero-order valence-corrected chi connectivity index (χ0v) is 15.9. The average Bonchev–Trinajstić information content (AvgIpc) is 2.69. The molecule has 0 aliphatic carbocycles. The highest BCUT2D eigenvalue weighted by molar-refractivity contribution is 6.42. The topological polar surface area (TPSA) is 55.6 Å². The van der Waals surface area contributed by atoms with Gasteiger partial charge in [0.2, 0.25) is 5.91 Å². The van der Waals surface area contributed by atoms with E-state index in [0.29, 0.717) is 29.7 Å². The van der Waals surface area contributed by atoms with Gasteiger partial charge in [0.05, 0.1) is 22.8 Å². The zero-order valence-electron chi connectivity index (χ0n) is 14.4. The molecule has 26 heavy (non-hydrogen) atoms. The fraction of sp³-hybridized carbons (Fsp3) is 0.350. The van der Waals surface area contributed by atoms with Gasteiger partial charge in [-0.25, -0.2) is 0 Å². The van der Waals surface area contributed by atoms with Crippen LogP contribution in [0.3, 0.4) is 0 Å². The van der Waals surface area contributed by atoms with Gasteiger partial charge in [-0.05, 0) is 36.1 Å². The van der Waals surface area contributed by atoms with Crippen LogP contribution >= 0.6 is 23.2 Å². The lowest BCUT2D eigenvalue weighted by molar-refractivity contribution is -0.135. The normalized spacial score (nSPS) is 16.5. The van der Waals surface area contributed by atoms with Crippen LogP contribution in [0, 0.1) is 0 Å². The second-order valence-electron chi connectivity index (χ2n) is 6.47. The number of benzene rings is 2. The molecule has 2 N–H and O–H groups in total. The quantitative estimate of drug-likeness (QED) is 0.829. The van der Waals surface area contributed by atoms with Crippen LogP contribution in [0.1, 0.15) is 30.0 Å². The lowest BCUT2D eigenvalue weighted by atomic mass is 10.0. The van der Waals surface area contributed by atoms with Crippen LogP contribution in [-0.4, -0.2) is 30.0 Å². The first-order valence-corrected chi connectivity index (χ1v) is 9.45. The summed E-state index contributed by atoms with van der Waals surface area (Å²) >= 11 is 12.0. The molecule has 1 saturated heterocycles. The Morgan fingerprint density at radius 2 is 1.81 bits per heavy atom. The van der Waals surface area contributed by atoms with E-state index in [-0.39, 0.29) is 12.0 Å². The van der Waals surface area contributed by atoms with Crippen LogP contribution in [0.4, 0.5) is 0 Å². The molecule has 1 amide bonds. The van der Waals surface area contributed by atoms with E-state index in [1.165, 1.54) is 0 Å². The molecule has 138 valence electrons. The summed E-state index contributed by atoms with van der Waals surface area (Å²) in [6.07, 6.45) is 1.73. The van der Waals surface area contributed by atoms with E-state index in [1.807, 2.05) is 47.4 Å². The van der Waals surface area contributed by atoms with Crippen molar-refractivity contribution < 1.29 is 9.53 Å². The molecule has 6 heteroatoms. The first kappa shape index (κ1) is 19.2. The van der Waals surface area contributed by atoms with Crippen molar-refractivity contribution in [3.63, 3.8) is 0 Å². The molecule has 0 bridgehead atoms. The van der Waals surface area contributed by atoms with Crippen molar-refractivity contribution >= 4 is 29.1 Å². The van der Waals surface area contributed by atoms with E-state index >= 15 is 0 Å². The van der Waals surface area contributed by atoms with Gasteiger partial charge in [0, 0.05) is 13.1 Å². The van der Waals surface area contributed by atoms with E-state index < -0.39 is 6.04 Å². The summed E-state index contributed by atoms with van der Waals surface area (Å²) in [6.45, 7) is 1.80. The number of nitrogens with two attached hydrogens (primary N) is 1. The minimum atomic E-state index is -0.607. The van der Waals surface area contributed by atoms with Gasteiger partial charge in [0.25, 0.3) is 0 Å².